The van der Waals surface area contributed by atoms with Crippen molar-refractivity contribution in [3.05, 3.63) is 24.3 Å². The van der Waals surface area contributed by atoms with Crippen LogP contribution >= 0.6 is 0 Å². The van der Waals surface area contributed by atoms with Crippen molar-refractivity contribution in [2.45, 2.75) is 19.4 Å². The summed E-state index contributed by atoms with van der Waals surface area (Å²) in [6.45, 7) is 4.10. The fraction of sp³-hybridized carbons (Fsp3) is 0.417. The van der Waals surface area contributed by atoms with Gasteiger partial charge in [0.25, 0.3) is 0 Å². The number of hydrogen-bond donors (Lipinski definition) is 3. The number of benzene rings is 1. The highest BCUT2D eigenvalue weighted by atomic mass is 16.5. The summed E-state index contributed by atoms with van der Waals surface area (Å²) in [6.07, 6.45) is 0. The van der Waals surface area contributed by atoms with Gasteiger partial charge in [-0.25, -0.2) is 4.79 Å². The molecule has 94 valence electrons. The summed E-state index contributed by atoms with van der Waals surface area (Å²) in [6, 6.07) is 6.87. The van der Waals surface area contributed by atoms with Crippen molar-refractivity contribution < 1.29 is 9.53 Å². The predicted octanol–water partition coefficient (Wildman–Crippen LogP) is 1.55. The molecule has 0 aliphatic carbocycles. The van der Waals surface area contributed by atoms with Gasteiger partial charge in [0.2, 0.25) is 0 Å². The molecule has 0 atom stereocenters. The molecule has 0 unspecified atom stereocenters. The third-order valence-electron chi connectivity index (χ3n) is 2.03. The molecule has 1 rings (SSSR count). The minimum atomic E-state index is -0.425. The second-order valence-electron chi connectivity index (χ2n) is 4.53. The van der Waals surface area contributed by atoms with Crippen LogP contribution in [-0.2, 0) is 0 Å². The van der Waals surface area contributed by atoms with Gasteiger partial charge in [0.15, 0.2) is 0 Å². The number of hydrogen-bond acceptors (Lipinski definition) is 3. The summed E-state index contributed by atoms with van der Waals surface area (Å²) in [7, 11) is 1.58. The quantitative estimate of drug-likeness (QED) is 0.743. The van der Waals surface area contributed by atoms with E-state index in [4.69, 9.17) is 10.5 Å². The van der Waals surface area contributed by atoms with E-state index in [1.165, 1.54) is 0 Å². The number of carbonyl (C=O) groups excluding carboxylic acids is 1. The van der Waals surface area contributed by atoms with Crippen LogP contribution in [0.1, 0.15) is 13.8 Å². The number of nitrogens with two attached hydrogens (primary N) is 1. The SMILES string of the molecule is COc1cccc(NC(=O)NCC(C)(C)N)c1. The molecule has 0 aromatic heterocycles. The highest BCUT2D eigenvalue weighted by molar-refractivity contribution is 5.89. The maximum absolute atomic E-state index is 11.5. The lowest BCUT2D eigenvalue weighted by atomic mass is 10.1. The summed E-state index contributed by atoms with van der Waals surface area (Å²) < 4.78 is 5.06. The molecule has 0 heterocycles. The van der Waals surface area contributed by atoms with E-state index in [0.717, 1.165) is 0 Å². The van der Waals surface area contributed by atoms with Crippen LogP contribution in [0.25, 0.3) is 0 Å². The lowest BCUT2D eigenvalue weighted by Gasteiger charge is -2.19. The van der Waals surface area contributed by atoms with E-state index in [1.54, 1.807) is 25.3 Å². The van der Waals surface area contributed by atoms with Crippen molar-refractivity contribution in [3.8, 4) is 5.75 Å². The first-order chi connectivity index (χ1) is 7.90. The number of rotatable bonds is 4. The average molecular weight is 237 g/mol. The van der Waals surface area contributed by atoms with E-state index in [9.17, 15) is 4.79 Å². The van der Waals surface area contributed by atoms with Crippen molar-refractivity contribution in [1.82, 2.24) is 5.32 Å². The van der Waals surface area contributed by atoms with E-state index in [1.807, 2.05) is 19.9 Å². The number of amides is 2. The molecular formula is C12H19N3O2. The normalized spacial score (nSPS) is 10.8. The van der Waals surface area contributed by atoms with E-state index in [0.29, 0.717) is 18.0 Å². The molecule has 1 aromatic rings. The molecule has 0 saturated heterocycles. The molecule has 5 nitrogen and oxygen atoms in total. The molecule has 1 aromatic carbocycles. The molecule has 2 amide bonds. The summed E-state index contributed by atoms with van der Waals surface area (Å²) in [5, 5.41) is 5.40. The van der Waals surface area contributed by atoms with Crippen LogP contribution in [-0.4, -0.2) is 25.2 Å². The summed E-state index contributed by atoms with van der Waals surface area (Å²) in [4.78, 5) is 11.5. The Bertz CT molecular complexity index is 386. The Hall–Kier alpha value is -1.75. The highest BCUT2D eigenvalue weighted by Crippen LogP contribution is 2.16. The lowest BCUT2D eigenvalue weighted by Crippen LogP contribution is -2.46. The molecule has 5 heteroatoms. The molecule has 0 fully saturated rings. The van der Waals surface area contributed by atoms with Gasteiger partial charge >= 0.3 is 6.03 Å². The Labute approximate surface area is 101 Å². The standard InChI is InChI=1S/C12H19N3O2/c1-12(2,13)8-14-11(16)15-9-5-4-6-10(7-9)17-3/h4-7H,8,13H2,1-3H3,(H2,14,15,16). The third kappa shape index (κ3) is 5.21. The molecule has 0 radical (unpaired) electrons. The topological polar surface area (TPSA) is 76.4 Å². The number of nitrogens with one attached hydrogen (secondary N) is 2. The molecule has 4 N–H and O–H groups in total. The maximum Gasteiger partial charge on any atom is 0.319 e. The smallest absolute Gasteiger partial charge is 0.319 e. The van der Waals surface area contributed by atoms with Gasteiger partial charge in [-0.2, -0.15) is 0 Å². The fourth-order valence-electron chi connectivity index (χ4n) is 1.18. The van der Waals surface area contributed by atoms with E-state index >= 15 is 0 Å². The first kappa shape index (κ1) is 13.3. The Kier molecular flexibility index (Phi) is 4.34. The van der Waals surface area contributed by atoms with Gasteiger partial charge in [0, 0.05) is 23.8 Å². The van der Waals surface area contributed by atoms with Gasteiger partial charge in [-0.15, -0.1) is 0 Å². The number of ether oxygens (including phenoxy) is 1. The van der Waals surface area contributed by atoms with Crippen molar-refractivity contribution in [2.75, 3.05) is 19.0 Å². The highest BCUT2D eigenvalue weighted by Gasteiger charge is 2.12. The summed E-state index contributed by atoms with van der Waals surface area (Å²) >= 11 is 0. The maximum atomic E-state index is 11.5. The zero-order chi connectivity index (χ0) is 12.9. The molecule has 17 heavy (non-hydrogen) atoms. The second-order valence-corrected chi connectivity index (χ2v) is 4.53. The Morgan fingerprint density at radius 3 is 2.76 bits per heavy atom. The van der Waals surface area contributed by atoms with Crippen molar-refractivity contribution in [1.29, 1.82) is 0 Å². The van der Waals surface area contributed by atoms with Crippen LogP contribution in [0.2, 0.25) is 0 Å². The first-order valence-corrected chi connectivity index (χ1v) is 5.38. The van der Waals surface area contributed by atoms with Crippen molar-refractivity contribution >= 4 is 11.7 Å². The molecule has 0 saturated carbocycles. The lowest BCUT2D eigenvalue weighted by molar-refractivity contribution is 0.249. The first-order valence-electron chi connectivity index (χ1n) is 5.38. The van der Waals surface area contributed by atoms with Gasteiger partial charge in [0.1, 0.15) is 5.75 Å². The molecule has 0 aliphatic heterocycles. The van der Waals surface area contributed by atoms with Crippen LogP contribution in [0.15, 0.2) is 24.3 Å². The summed E-state index contributed by atoms with van der Waals surface area (Å²) in [5.74, 6) is 0.696. The largest absolute Gasteiger partial charge is 0.497 e. The van der Waals surface area contributed by atoms with Crippen LogP contribution in [0.3, 0.4) is 0 Å². The number of methoxy groups -OCH3 is 1. The van der Waals surface area contributed by atoms with Gasteiger partial charge in [0.05, 0.1) is 7.11 Å². The third-order valence-corrected chi connectivity index (χ3v) is 2.03. The zero-order valence-electron chi connectivity index (χ0n) is 10.4. The van der Waals surface area contributed by atoms with Gasteiger partial charge in [-0.1, -0.05) is 6.07 Å². The molecular weight excluding hydrogens is 218 g/mol. The van der Waals surface area contributed by atoms with E-state index in [-0.39, 0.29) is 6.03 Å². The number of carbonyl (C=O) groups is 1. The van der Waals surface area contributed by atoms with Gasteiger partial charge in [-0.3, -0.25) is 0 Å². The Balaban J connectivity index is 2.50. The van der Waals surface area contributed by atoms with Crippen LogP contribution in [0.5, 0.6) is 5.75 Å². The van der Waals surface area contributed by atoms with Crippen LogP contribution in [0, 0.1) is 0 Å². The van der Waals surface area contributed by atoms with Gasteiger partial charge < -0.3 is 21.1 Å². The zero-order valence-corrected chi connectivity index (χ0v) is 10.4. The number of urea groups is 1. The minimum absolute atomic E-state index is 0.281. The van der Waals surface area contributed by atoms with Crippen LogP contribution < -0.4 is 21.1 Å². The second kappa shape index (κ2) is 5.54. The van der Waals surface area contributed by atoms with Crippen LogP contribution in [0.4, 0.5) is 10.5 Å². The average Bonchev–Trinajstić information content (AvgIpc) is 2.26. The Morgan fingerprint density at radius 2 is 2.18 bits per heavy atom. The molecule has 0 spiro atoms. The summed E-state index contributed by atoms with van der Waals surface area (Å²) in [5.41, 5.74) is 6.01. The molecule has 0 bridgehead atoms. The Morgan fingerprint density at radius 1 is 1.47 bits per heavy atom. The van der Waals surface area contributed by atoms with E-state index < -0.39 is 5.54 Å². The van der Waals surface area contributed by atoms with Crippen molar-refractivity contribution in [3.63, 3.8) is 0 Å². The minimum Gasteiger partial charge on any atom is -0.497 e. The number of anilines is 1. The van der Waals surface area contributed by atoms with Crippen molar-refractivity contribution in [2.24, 2.45) is 5.73 Å². The van der Waals surface area contributed by atoms with Gasteiger partial charge in [-0.05, 0) is 26.0 Å². The van der Waals surface area contributed by atoms with E-state index in [2.05, 4.69) is 10.6 Å². The molecule has 0 aliphatic rings. The monoisotopic (exact) mass is 237 g/mol. The predicted molar refractivity (Wildman–Crippen MR) is 68.3 cm³/mol. The fourth-order valence-corrected chi connectivity index (χ4v) is 1.18.